The molecular formula is C9H16N4. The molecule has 1 N–H and O–H groups in total. The zero-order valence-electron chi connectivity index (χ0n) is 8.20. The molecule has 0 aliphatic carbocycles. The maximum atomic E-state index is 4.33. The largest absolute Gasteiger partial charge is 0.314 e. The summed E-state index contributed by atoms with van der Waals surface area (Å²) >= 11 is 0. The summed E-state index contributed by atoms with van der Waals surface area (Å²) < 4.78 is 1.99. The van der Waals surface area contributed by atoms with Gasteiger partial charge in [-0.3, -0.25) is 4.68 Å². The first-order chi connectivity index (χ1) is 6.33. The molecular weight excluding hydrogens is 164 g/mol. The van der Waals surface area contributed by atoms with Crippen molar-refractivity contribution in [1.29, 1.82) is 0 Å². The van der Waals surface area contributed by atoms with Gasteiger partial charge in [0.05, 0.1) is 0 Å². The van der Waals surface area contributed by atoms with Gasteiger partial charge in [0, 0.05) is 18.5 Å². The van der Waals surface area contributed by atoms with Crippen molar-refractivity contribution < 1.29 is 0 Å². The van der Waals surface area contributed by atoms with Crippen LogP contribution >= 0.6 is 0 Å². The number of aryl methyl sites for hydroxylation is 1. The highest BCUT2D eigenvalue weighted by molar-refractivity contribution is 5.03. The molecule has 72 valence electrons. The molecule has 1 aromatic rings. The molecule has 1 aromatic heterocycles. The van der Waals surface area contributed by atoms with Gasteiger partial charge >= 0.3 is 0 Å². The van der Waals surface area contributed by atoms with Gasteiger partial charge in [0.15, 0.2) is 0 Å². The van der Waals surface area contributed by atoms with Crippen LogP contribution in [0.1, 0.15) is 32.0 Å². The van der Waals surface area contributed by atoms with Crippen molar-refractivity contribution in [1.82, 2.24) is 20.1 Å². The van der Waals surface area contributed by atoms with E-state index in [-0.39, 0.29) is 0 Å². The maximum Gasteiger partial charge on any atom is 0.138 e. The lowest BCUT2D eigenvalue weighted by Crippen LogP contribution is -2.23. The first kappa shape index (κ1) is 8.69. The van der Waals surface area contributed by atoms with Crippen LogP contribution < -0.4 is 5.32 Å². The summed E-state index contributed by atoms with van der Waals surface area (Å²) in [6.45, 7) is 6.33. The Balaban J connectivity index is 2.23. The van der Waals surface area contributed by atoms with E-state index < -0.39 is 0 Å². The number of rotatable bonds is 2. The summed E-state index contributed by atoms with van der Waals surface area (Å²) in [5.41, 5.74) is 0. The molecule has 0 saturated carbocycles. The number of nitrogens with one attached hydrogen (secondary N) is 1. The Morgan fingerprint density at radius 1 is 1.69 bits per heavy atom. The Morgan fingerprint density at radius 3 is 3.15 bits per heavy atom. The highest BCUT2D eigenvalue weighted by Gasteiger charge is 2.27. The molecule has 1 aliphatic heterocycles. The molecule has 2 unspecified atom stereocenters. The second-order valence-electron chi connectivity index (χ2n) is 3.57. The van der Waals surface area contributed by atoms with E-state index in [1.165, 1.54) is 6.42 Å². The molecule has 13 heavy (non-hydrogen) atoms. The van der Waals surface area contributed by atoms with Gasteiger partial charge in [-0.1, -0.05) is 0 Å². The van der Waals surface area contributed by atoms with Crippen LogP contribution in [0.15, 0.2) is 6.33 Å². The van der Waals surface area contributed by atoms with Crippen molar-refractivity contribution in [3.63, 3.8) is 0 Å². The van der Waals surface area contributed by atoms with Crippen LogP contribution in [0.3, 0.4) is 0 Å². The van der Waals surface area contributed by atoms with E-state index in [1.54, 1.807) is 6.33 Å². The fourth-order valence-electron chi connectivity index (χ4n) is 2.02. The molecule has 1 saturated heterocycles. The number of aromatic nitrogens is 3. The molecule has 0 aromatic carbocycles. The lowest BCUT2D eigenvalue weighted by Gasteiger charge is -2.14. The smallest absolute Gasteiger partial charge is 0.138 e. The minimum atomic E-state index is 0.537. The third kappa shape index (κ3) is 1.46. The number of hydrogen-bond acceptors (Lipinski definition) is 3. The van der Waals surface area contributed by atoms with Crippen LogP contribution in [0.4, 0.5) is 0 Å². The van der Waals surface area contributed by atoms with Crippen molar-refractivity contribution >= 4 is 0 Å². The van der Waals surface area contributed by atoms with E-state index in [4.69, 9.17) is 0 Å². The van der Waals surface area contributed by atoms with Crippen molar-refractivity contribution in [2.75, 3.05) is 6.54 Å². The average molecular weight is 180 g/mol. The summed E-state index contributed by atoms with van der Waals surface area (Å²) in [4.78, 5) is 4.33. The van der Waals surface area contributed by atoms with E-state index in [1.807, 2.05) is 4.68 Å². The second-order valence-corrected chi connectivity index (χ2v) is 3.57. The molecule has 2 atom stereocenters. The van der Waals surface area contributed by atoms with Gasteiger partial charge < -0.3 is 5.32 Å². The van der Waals surface area contributed by atoms with Crippen LogP contribution in [0.2, 0.25) is 0 Å². The van der Waals surface area contributed by atoms with Crippen LogP contribution in [0, 0.1) is 0 Å². The Kier molecular flexibility index (Phi) is 2.31. The zero-order valence-corrected chi connectivity index (χ0v) is 8.20. The van der Waals surface area contributed by atoms with Crippen LogP contribution in [0.5, 0.6) is 0 Å². The van der Waals surface area contributed by atoms with E-state index in [2.05, 4.69) is 29.2 Å². The zero-order chi connectivity index (χ0) is 9.26. The monoisotopic (exact) mass is 180 g/mol. The fraction of sp³-hybridized carbons (Fsp3) is 0.778. The van der Waals surface area contributed by atoms with Crippen LogP contribution in [0.25, 0.3) is 0 Å². The highest BCUT2D eigenvalue weighted by atomic mass is 15.3. The third-order valence-corrected chi connectivity index (χ3v) is 2.80. The summed E-state index contributed by atoms with van der Waals surface area (Å²) in [5.74, 6) is 1.68. The van der Waals surface area contributed by atoms with Crippen molar-refractivity contribution in [3.8, 4) is 0 Å². The average Bonchev–Trinajstić information content (AvgIpc) is 2.71. The molecule has 2 rings (SSSR count). The predicted molar refractivity (Wildman–Crippen MR) is 50.5 cm³/mol. The van der Waals surface area contributed by atoms with Gasteiger partial charge in [0.2, 0.25) is 0 Å². The molecule has 4 nitrogen and oxygen atoms in total. The first-order valence-corrected chi connectivity index (χ1v) is 4.94. The number of hydrogen-bond donors (Lipinski definition) is 1. The Morgan fingerprint density at radius 2 is 2.54 bits per heavy atom. The standard InChI is InChI=1S/C9H16N4/c1-3-13-9(11-6-12-13)8-4-5-10-7(8)2/h6-8,10H,3-5H2,1-2H3. The van der Waals surface area contributed by atoms with E-state index >= 15 is 0 Å². The number of nitrogens with zero attached hydrogens (tertiary/aromatic N) is 3. The summed E-state index contributed by atoms with van der Waals surface area (Å²) in [7, 11) is 0. The van der Waals surface area contributed by atoms with Crippen molar-refractivity contribution in [2.45, 2.75) is 38.8 Å². The van der Waals surface area contributed by atoms with Gasteiger partial charge in [-0.15, -0.1) is 0 Å². The summed E-state index contributed by atoms with van der Waals surface area (Å²) in [5, 5.41) is 7.62. The third-order valence-electron chi connectivity index (χ3n) is 2.80. The van der Waals surface area contributed by atoms with Crippen molar-refractivity contribution in [2.24, 2.45) is 0 Å². The minimum absolute atomic E-state index is 0.537. The Labute approximate surface area is 78.4 Å². The molecule has 4 heteroatoms. The predicted octanol–water partition coefficient (Wildman–Crippen LogP) is 0.763. The molecule has 0 spiro atoms. The van der Waals surface area contributed by atoms with E-state index in [9.17, 15) is 0 Å². The fourth-order valence-corrected chi connectivity index (χ4v) is 2.02. The molecule has 2 heterocycles. The van der Waals surface area contributed by atoms with E-state index in [0.29, 0.717) is 12.0 Å². The molecule has 1 aliphatic rings. The lowest BCUT2D eigenvalue weighted by atomic mass is 10.0. The SMILES string of the molecule is CCn1ncnc1C1CCNC1C. The van der Waals surface area contributed by atoms with Crippen LogP contribution in [-0.2, 0) is 6.54 Å². The van der Waals surface area contributed by atoms with Gasteiger partial charge in [0.1, 0.15) is 12.2 Å². The quantitative estimate of drug-likeness (QED) is 0.730. The van der Waals surface area contributed by atoms with E-state index in [0.717, 1.165) is 18.9 Å². The molecule has 0 bridgehead atoms. The van der Waals surface area contributed by atoms with Gasteiger partial charge in [-0.25, -0.2) is 4.98 Å². The molecule has 0 amide bonds. The van der Waals surface area contributed by atoms with Gasteiger partial charge in [-0.2, -0.15) is 5.10 Å². The molecule has 0 radical (unpaired) electrons. The minimum Gasteiger partial charge on any atom is -0.314 e. The van der Waals surface area contributed by atoms with Gasteiger partial charge in [-0.05, 0) is 26.8 Å². The second kappa shape index (κ2) is 3.46. The normalized spacial score (nSPS) is 28.2. The Bertz CT molecular complexity index is 281. The summed E-state index contributed by atoms with van der Waals surface area (Å²) in [6.07, 6.45) is 2.84. The van der Waals surface area contributed by atoms with Gasteiger partial charge in [0.25, 0.3) is 0 Å². The first-order valence-electron chi connectivity index (χ1n) is 4.94. The maximum absolute atomic E-state index is 4.33. The van der Waals surface area contributed by atoms with Crippen LogP contribution in [-0.4, -0.2) is 27.4 Å². The van der Waals surface area contributed by atoms with Crippen molar-refractivity contribution in [3.05, 3.63) is 12.2 Å². The Hall–Kier alpha value is -0.900. The molecule has 1 fully saturated rings. The highest BCUT2D eigenvalue weighted by Crippen LogP contribution is 2.25. The summed E-state index contributed by atoms with van der Waals surface area (Å²) in [6, 6.07) is 0.537. The topological polar surface area (TPSA) is 42.7 Å². The lowest BCUT2D eigenvalue weighted by molar-refractivity contribution is 0.515.